The Morgan fingerprint density at radius 2 is 2.08 bits per heavy atom. The Morgan fingerprint density at radius 3 is 2.73 bits per heavy atom. The Bertz CT molecular complexity index is 1020. The third-order valence-corrected chi connectivity index (χ3v) is 5.31. The largest absolute Gasteiger partial charge is 0.503 e. The van der Waals surface area contributed by atoms with Crippen LogP contribution >= 0.6 is 38.9 Å². The van der Waals surface area contributed by atoms with Crippen molar-refractivity contribution in [1.29, 1.82) is 5.26 Å². The number of halogens is 2. The number of phenolic OH excluding ortho intramolecular Hbond substituents is 1. The molecule has 0 amide bonds. The molecule has 4 nitrogen and oxygen atoms in total. The van der Waals surface area contributed by atoms with Gasteiger partial charge >= 0.3 is 0 Å². The average Bonchev–Trinajstić information content (AvgIpc) is 3.13. The van der Waals surface area contributed by atoms with Crippen LogP contribution in [0, 0.1) is 11.3 Å². The normalized spacial score (nSPS) is 11.2. The summed E-state index contributed by atoms with van der Waals surface area (Å²) >= 11 is 10.6. The molecule has 0 fully saturated rings. The van der Waals surface area contributed by atoms with Crippen LogP contribution in [-0.2, 0) is 0 Å². The molecule has 26 heavy (non-hydrogen) atoms. The monoisotopic (exact) mass is 446 g/mol. The van der Waals surface area contributed by atoms with E-state index in [0.29, 0.717) is 31.4 Å². The topological polar surface area (TPSA) is 66.1 Å². The van der Waals surface area contributed by atoms with Gasteiger partial charge in [0.25, 0.3) is 0 Å². The third kappa shape index (κ3) is 3.91. The molecule has 3 rings (SSSR count). The van der Waals surface area contributed by atoms with Crippen molar-refractivity contribution in [2.75, 3.05) is 7.11 Å². The molecule has 0 saturated heterocycles. The molecule has 130 valence electrons. The second-order valence-electron chi connectivity index (χ2n) is 5.27. The lowest BCUT2D eigenvalue weighted by Gasteiger charge is -2.06. The molecule has 7 heteroatoms. The Balaban J connectivity index is 1.97. The molecule has 0 aliphatic rings. The van der Waals surface area contributed by atoms with E-state index in [-0.39, 0.29) is 5.75 Å². The van der Waals surface area contributed by atoms with E-state index in [1.165, 1.54) is 18.4 Å². The summed E-state index contributed by atoms with van der Waals surface area (Å²) in [5.74, 6) is 0.339. The third-order valence-electron chi connectivity index (χ3n) is 3.58. The minimum absolute atomic E-state index is 0.0161. The zero-order valence-electron chi connectivity index (χ0n) is 13.5. The number of ether oxygens (including phenoxy) is 1. The van der Waals surface area contributed by atoms with Crippen LogP contribution in [0.15, 0.2) is 46.3 Å². The molecule has 0 aliphatic heterocycles. The predicted octanol–water partition coefficient (Wildman–Crippen LogP) is 6.00. The molecule has 0 unspecified atom stereocenters. The Labute approximate surface area is 168 Å². The van der Waals surface area contributed by atoms with Crippen molar-refractivity contribution in [3.05, 3.63) is 61.8 Å². The highest BCUT2D eigenvalue weighted by atomic mass is 79.9. The number of hydrogen-bond donors (Lipinski definition) is 1. The quantitative estimate of drug-likeness (QED) is 0.498. The SMILES string of the molecule is COc1cc(C=C(C#N)c2nc(-c3ccc(Cl)cc3)cs2)cc(Br)c1O. The fourth-order valence-electron chi connectivity index (χ4n) is 2.29. The van der Waals surface area contributed by atoms with E-state index in [0.717, 1.165) is 11.3 Å². The van der Waals surface area contributed by atoms with Gasteiger partial charge in [-0.2, -0.15) is 5.26 Å². The van der Waals surface area contributed by atoms with Gasteiger partial charge in [0, 0.05) is 16.0 Å². The number of nitriles is 1. The summed E-state index contributed by atoms with van der Waals surface area (Å²) in [7, 11) is 1.47. The first-order chi connectivity index (χ1) is 12.5. The molecule has 1 N–H and O–H groups in total. The lowest BCUT2D eigenvalue weighted by Crippen LogP contribution is -1.87. The van der Waals surface area contributed by atoms with Crippen LogP contribution in [0.4, 0.5) is 0 Å². The first-order valence-electron chi connectivity index (χ1n) is 7.42. The maximum atomic E-state index is 9.90. The maximum Gasteiger partial charge on any atom is 0.172 e. The highest BCUT2D eigenvalue weighted by molar-refractivity contribution is 9.10. The predicted molar refractivity (Wildman–Crippen MR) is 108 cm³/mol. The molecule has 1 heterocycles. The van der Waals surface area contributed by atoms with Gasteiger partial charge in [0.1, 0.15) is 11.1 Å². The van der Waals surface area contributed by atoms with E-state index in [1.807, 2.05) is 17.5 Å². The van der Waals surface area contributed by atoms with E-state index in [4.69, 9.17) is 16.3 Å². The number of thiazole rings is 1. The van der Waals surface area contributed by atoms with Gasteiger partial charge in [-0.1, -0.05) is 23.7 Å². The van der Waals surface area contributed by atoms with E-state index in [2.05, 4.69) is 27.0 Å². The van der Waals surface area contributed by atoms with Gasteiger partial charge in [-0.05, 0) is 51.8 Å². The lowest BCUT2D eigenvalue weighted by molar-refractivity contribution is 0.372. The van der Waals surface area contributed by atoms with Gasteiger partial charge in [-0.25, -0.2) is 4.98 Å². The summed E-state index contributed by atoms with van der Waals surface area (Å²) in [6.07, 6.45) is 1.71. The molecule has 3 aromatic rings. The molecular weight excluding hydrogens is 436 g/mol. The van der Waals surface area contributed by atoms with Crippen LogP contribution < -0.4 is 4.74 Å². The number of aromatic hydroxyl groups is 1. The summed E-state index contributed by atoms with van der Waals surface area (Å²) in [4.78, 5) is 4.55. The van der Waals surface area contributed by atoms with Crippen molar-refractivity contribution in [3.63, 3.8) is 0 Å². The van der Waals surface area contributed by atoms with Crippen LogP contribution in [0.5, 0.6) is 11.5 Å². The van der Waals surface area contributed by atoms with Gasteiger partial charge in [0.05, 0.1) is 22.8 Å². The van der Waals surface area contributed by atoms with Gasteiger partial charge in [0.15, 0.2) is 11.5 Å². The van der Waals surface area contributed by atoms with Crippen LogP contribution in [0.1, 0.15) is 10.6 Å². The number of rotatable bonds is 4. The molecular formula is C19H12BrClN2O2S. The number of hydrogen-bond acceptors (Lipinski definition) is 5. The van der Waals surface area contributed by atoms with Crippen molar-refractivity contribution in [2.45, 2.75) is 0 Å². The van der Waals surface area contributed by atoms with Crippen LogP contribution in [0.2, 0.25) is 5.02 Å². The van der Waals surface area contributed by atoms with Gasteiger partial charge in [-0.3, -0.25) is 0 Å². The van der Waals surface area contributed by atoms with Crippen molar-refractivity contribution < 1.29 is 9.84 Å². The first-order valence-corrected chi connectivity index (χ1v) is 9.47. The van der Waals surface area contributed by atoms with Gasteiger partial charge in [0.2, 0.25) is 0 Å². The summed E-state index contributed by atoms with van der Waals surface area (Å²) in [6, 6.07) is 12.9. The fourth-order valence-corrected chi connectivity index (χ4v) is 3.67. The second-order valence-corrected chi connectivity index (χ2v) is 7.42. The molecule has 0 spiro atoms. The molecule has 0 bridgehead atoms. The minimum atomic E-state index is 0.0161. The maximum absolute atomic E-state index is 9.90. The standard InChI is InChI=1S/C19H12BrClN2O2S/c1-25-17-8-11(7-15(20)18(17)24)6-13(9-22)19-23-16(10-26-19)12-2-4-14(21)5-3-12/h2-8,10,24H,1H3. The number of allylic oxidation sites excluding steroid dienone is 1. The summed E-state index contributed by atoms with van der Waals surface area (Å²) in [6.45, 7) is 0. The Morgan fingerprint density at radius 1 is 1.35 bits per heavy atom. The van der Waals surface area contributed by atoms with Crippen LogP contribution in [-0.4, -0.2) is 17.2 Å². The van der Waals surface area contributed by atoms with E-state index < -0.39 is 0 Å². The van der Waals surface area contributed by atoms with Crippen molar-refractivity contribution in [3.8, 4) is 28.8 Å². The lowest BCUT2D eigenvalue weighted by atomic mass is 10.1. The smallest absolute Gasteiger partial charge is 0.172 e. The summed E-state index contributed by atoms with van der Waals surface area (Å²) in [5, 5.41) is 22.6. The van der Waals surface area contributed by atoms with Crippen LogP contribution in [0.25, 0.3) is 22.9 Å². The molecule has 0 saturated carbocycles. The second kappa shape index (κ2) is 7.92. The molecule has 0 aliphatic carbocycles. The molecule has 1 aromatic heterocycles. The van der Waals surface area contributed by atoms with Crippen LogP contribution in [0.3, 0.4) is 0 Å². The van der Waals surface area contributed by atoms with E-state index in [9.17, 15) is 10.4 Å². The number of nitrogens with zero attached hydrogens (tertiary/aromatic N) is 2. The average molecular weight is 448 g/mol. The molecule has 0 radical (unpaired) electrons. The number of benzene rings is 2. The highest BCUT2D eigenvalue weighted by Crippen LogP contribution is 2.36. The van der Waals surface area contributed by atoms with Crippen molar-refractivity contribution in [2.24, 2.45) is 0 Å². The number of methoxy groups -OCH3 is 1. The Hall–Kier alpha value is -2.33. The first kappa shape index (κ1) is 18.5. The molecule has 0 atom stereocenters. The van der Waals surface area contributed by atoms with Crippen molar-refractivity contribution >= 4 is 50.5 Å². The Kier molecular flexibility index (Phi) is 5.62. The fraction of sp³-hybridized carbons (Fsp3) is 0.0526. The summed E-state index contributed by atoms with van der Waals surface area (Å²) < 4.78 is 5.63. The zero-order chi connectivity index (χ0) is 18.7. The summed E-state index contributed by atoms with van der Waals surface area (Å²) in [5.41, 5.74) is 2.86. The van der Waals surface area contributed by atoms with Gasteiger partial charge in [-0.15, -0.1) is 11.3 Å². The zero-order valence-corrected chi connectivity index (χ0v) is 16.7. The van der Waals surface area contributed by atoms with Gasteiger partial charge < -0.3 is 9.84 Å². The van der Waals surface area contributed by atoms with Crippen molar-refractivity contribution in [1.82, 2.24) is 4.98 Å². The van der Waals surface area contributed by atoms with E-state index in [1.54, 1.807) is 30.3 Å². The molecule has 2 aromatic carbocycles. The highest BCUT2D eigenvalue weighted by Gasteiger charge is 2.12. The van der Waals surface area contributed by atoms with E-state index >= 15 is 0 Å². The number of phenols is 1. The minimum Gasteiger partial charge on any atom is -0.503 e. The number of aromatic nitrogens is 1.